The van der Waals surface area contributed by atoms with Crippen LogP contribution in [0.1, 0.15) is 35.8 Å². The smallest absolute Gasteiger partial charge is 0.289 e. The fourth-order valence-corrected chi connectivity index (χ4v) is 3.44. The van der Waals surface area contributed by atoms with Gasteiger partial charge >= 0.3 is 0 Å². The summed E-state index contributed by atoms with van der Waals surface area (Å²) in [6, 6.07) is 18.4. The van der Waals surface area contributed by atoms with Crippen molar-refractivity contribution in [3.05, 3.63) is 71.9 Å². The van der Waals surface area contributed by atoms with E-state index >= 15 is 0 Å². The number of aromatic nitrogens is 1. The summed E-state index contributed by atoms with van der Waals surface area (Å²) in [6.45, 7) is 3.48. The van der Waals surface area contributed by atoms with Gasteiger partial charge in [0, 0.05) is 18.5 Å². The van der Waals surface area contributed by atoms with Crippen molar-refractivity contribution in [2.45, 2.75) is 19.8 Å². The molecule has 1 aliphatic heterocycles. The molecule has 0 bridgehead atoms. The van der Waals surface area contributed by atoms with E-state index in [2.05, 4.69) is 15.5 Å². The van der Waals surface area contributed by atoms with Crippen molar-refractivity contribution in [3.8, 4) is 5.75 Å². The van der Waals surface area contributed by atoms with Crippen LogP contribution in [-0.4, -0.2) is 47.1 Å². The second kappa shape index (κ2) is 9.38. The summed E-state index contributed by atoms with van der Waals surface area (Å²) in [6.07, 6.45) is 2.12. The van der Waals surface area contributed by atoms with Gasteiger partial charge in [-0.2, -0.15) is 5.10 Å². The third-order valence-electron chi connectivity index (χ3n) is 5.25. The molecule has 0 radical (unpaired) electrons. The van der Waals surface area contributed by atoms with E-state index in [1.165, 1.54) is 0 Å². The van der Waals surface area contributed by atoms with Crippen LogP contribution in [0.25, 0.3) is 10.9 Å². The number of hydrogen-bond acceptors (Lipinski definition) is 5. The maximum Gasteiger partial charge on any atom is 0.289 e. The third kappa shape index (κ3) is 5.06. The normalized spacial score (nSPS) is 14.0. The molecule has 31 heavy (non-hydrogen) atoms. The van der Waals surface area contributed by atoms with E-state index in [4.69, 9.17) is 4.74 Å². The van der Waals surface area contributed by atoms with Gasteiger partial charge < -0.3 is 9.64 Å². The van der Waals surface area contributed by atoms with Gasteiger partial charge in [-0.05, 0) is 61.7 Å². The average molecular weight is 416 g/mol. The second-order valence-corrected chi connectivity index (χ2v) is 7.43. The highest BCUT2D eigenvalue weighted by Crippen LogP contribution is 2.15. The molecule has 0 saturated carbocycles. The molecule has 2 aromatic carbocycles. The highest BCUT2D eigenvalue weighted by Gasteiger charge is 2.18. The summed E-state index contributed by atoms with van der Waals surface area (Å²) in [4.78, 5) is 30.7. The minimum atomic E-state index is -0.370. The van der Waals surface area contributed by atoms with Crippen LogP contribution >= 0.6 is 0 Å². The van der Waals surface area contributed by atoms with Crippen molar-refractivity contribution in [1.82, 2.24) is 15.3 Å². The summed E-state index contributed by atoms with van der Waals surface area (Å²) in [5, 5.41) is 5.16. The number of rotatable bonds is 6. The molecule has 1 fully saturated rings. The molecular weight excluding hydrogens is 392 g/mol. The van der Waals surface area contributed by atoms with Crippen molar-refractivity contribution < 1.29 is 14.3 Å². The molecule has 1 saturated heterocycles. The molecule has 2 amide bonds. The lowest BCUT2D eigenvalue weighted by Gasteiger charge is -2.15. The van der Waals surface area contributed by atoms with E-state index < -0.39 is 0 Å². The number of hydrazone groups is 1. The lowest BCUT2D eigenvalue weighted by atomic mass is 10.1. The number of hydrogen-bond donors (Lipinski definition) is 1. The molecule has 0 spiro atoms. The van der Waals surface area contributed by atoms with Crippen LogP contribution in [0.15, 0.2) is 65.8 Å². The first-order valence-electron chi connectivity index (χ1n) is 10.3. The average Bonchev–Trinajstić information content (AvgIpc) is 3.36. The zero-order valence-electron chi connectivity index (χ0n) is 17.4. The number of ether oxygens (including phenoxy) is 1. The molecule has 0 aliphatic carbocycles. The molecule has 2 heterocycles. The number of pyridine rings is 1. The van der Waals surface area contributed by atoms with Crippen molar-refractivity contribution >= 4 is 28.4 Å². The maximum absolute atomic E-state index is 12.4. The van der Waals surface area contributed by atoms with E-state index in [0.29, 0.717) is 17.2 Å². The third-order valence-corrected chi connectivity index (χ3v) is 5.25. The van der Waals surface area contributed by atoms with E-state index in [1.54, 1.807) is 25.1 Å². The fraction of sp³-hybridized carbons (Fsp3) is 0.250. The highest BCUT2D eigenvalue weighted by molar-refractivity contribution is 6.01. The van der Waals surface area contributed by atoms with E-state index in [1.807, 2.05) is 47.4 Å². The monoisotopic (exact) mass is 416 g/mol. The molecule has 3 aromatic rings. The predicted octanol–water partition coefficient (Wildman–Crippen LogP) is 3.39. The van der Waals surface area contributed by atoms with Gasteiger partial charge in [0.2, 0.25) is 0 Å². The lowest BCUT2D eigenvalue weighted by Crippen LogP contribution is -2.32. The van der Waals surface area contributed by atoms with Crippen LogP contribution in [0.5, 0.6) is 5.75 Å². The van der Waals surface area contributed by atoms with Crippen LogP contribution in [0.2, 0.25) is 0 Å². The summed E-state index contributed by atoms with van der Waals surface area (Å²) in [5.41, 5.74) is 5.10. The van der Waals surface area contributed by atoms with Gasteiger partial charge in [0.25, 0.3) is 11.8 Å². The number of nitrogens with zero attached hydrogens (tertiary/aromatic N) is 3. The number of likely N-dealkylation sites (tertiary alicyclic amines) is 1. The number of benzene rings is 2. The molecule has 158 valence electrons. The lowest BCUT2D eigenvalue weighted by molar-refractivity contribution is -0.132. The molecule has 7 nitrogen and oxygen atoms in total. The molecule has 1 aromatic heterocycles. The summed E-state index contributed by atoms with van der Waals surface area (Å²) < 4.78 is 5.60. The minimum Gasteiger partial charge on any atom is -0.484 e. The highest BCUT2D eigenvalue weighted by atomic mass is 16.5. The van der Waals surface area contributed by atoms with Crippen LogP contribution in [-0.2, 0) is 4.79 Å². The molecule has 1 aliphatic rings. The Bertz CT molecular complexity index is 1120. The summed E-state index contributed by atoms with van der Waals surface area (Å²) in [7, 11) is 0. The largest absolute Gasteiger partial charge is 0.484 e. The molecule has 0 atom stereocenters. The van der Waals surface area contributed by atoms with Crippen molar-refractivity contribution in [2.75, 3.05) is 19.7 Å². The zero-order chi connectivity index (χ0) is 21.6. The zero-order valence-corrected chi connectivity index (χ0v) is 17.4. The van der Waals surface area contributed by atoms with Gasteiger partial charge in [-0.3, -0.25) is 9.59 Å². The summed E-state index contributed by atoms with van der Waals surface area (Å²) >= 11 is 0. The number of fused-ring (bicyclic) bond motifs is 1. The van der Waals surface area contributed by atoms with Gasteiger partial charge in [-0.15, -0.1) is 0 Å². The van der Waals surface area contributed by atoms with Gasteiger partial charge in [0.05, 0.1) is 11.2 Å². The molecule has 4 rings (SSSR count). The SMILES string of the molecule is C/C(=N\NC(=O)c1ccc2ccccc2n1)c1ccc(OCC(=O)N2CCCC2)cc1. The first kappa shape index (κ1) is 20.5. The first-order chi connectivity index (χ1) is 15.1. The van der Waals surface area contributed by atoms with Gasteiger partial charge in [-0.25, -0.2) is 10.4 Å². The fourth-order valence-electron chi connectivity index (χ4n) is 3.44. The van der Waals surface area contributed by atoms with Crippen molar-refractivity contribution in [1.29, 1.82) is 0 Å². The Morgan fingerprint density at radius 1 is 1.03 bits per heavy atom. The van der Waals surface area contributed by atoms with Gasteiger partial charge in [-0.1, -0.05) is 24.3 Å². The summed E-state index contributed by atoms with van der Waals surface area (Å²) in [5.74, 6) is 0.267. The standard InChI is InChI=1S/C24H24N4O3/c1-17(26-27-24(30)22-13-10-19-6-2-3-7-21(19)25-22)18-8-11-20(12-9-18)31-16-23(29)28-14-4-5-15-28/h2-3,6-13H,4-5,14-16H2,1H3,(H,27,30)/b26-17+. The van der Waals surface area contributed by atoms with Crippen LogP contribution in [0.3, 0.4) is 0 Å². The topological polar surface area (TPSA) is 83.9 Å². The Morgan fingerprint density at radius 3 is 2.55 bits per heavy atom. The van der Waals surface area contributed by atoms with Crippen molar-refractivity contribution in [2.24, 2.45) is 5.10 Å². The molecule has 0 unspecified atom stereocenters. The second-order valence-electron chi connectivity index (χ2n) is 7.43. The Labute approximate surface area is 180 Å². The predicted molar refractivity (Wildman–Crippen MR) is 119 cm³/mol. The number of carbonyl (C=O) groups is 2. The van der Waals surface area contributed by atoms with Crippen LogP contribution < -0.4 is 10.2 Å². The molecule has 7 heteroatoms. The quantitative estimate of drug-likeness (QED) is 0.493. The minimum absolute atomic E-state index is 0.0179. The van der Waals surface area contributed by atoms with Gasteiger partial charge in [0.1, 0.15) is 11.4 Å². The number of carbonyl (C=O) groups excluding carboxylic acids is 2. The Balaban J connectivity index is 1.34. The Kier molecular flexibility index (Phi) is 6.21. The van der Waals surface area contributed by atoms with Crippen LogP contribution in [0, 0.1) is 0 Å². The number of amides is 2. The van der Waals surface area contributed by atoms with Gasteiger partial charge in [0.15, 0.2) is 6.61 Å². The first-order valence-corrected chi connectivity index (χ1v) is 10.3. The molecular formula is C24H24N4O3. The Hall–Kier alpha value is -3.74. The van der Waals surface area contributed by atoms with Crippen molar-refractivity contribution in [3.63, 3.8) is 0 Å². The van der Waals surface area contributed by atoms with E-state index in [0.717, 1.165) is 42.4 Å². The van der Waals surface area contributed by atoms with Crippen LogP contribution in [0.4, 0.5) is 0 Å². The number of para-hydroxylation sites is 1. The maximum atomic E-state index is 12.4. The molecule has 1 N–H and O–H groups in total. The number of nitrogens with one attached hydrogen (secondary N) is 1. The Morgan fingerprint density at radius 2 is 1.77 bits per heavy atom. The van der Waals surface area contributed by atoms with E-state index in [9.17, 15) is 9.59 Å². The van der Waals surface area contributed by atoms with E-state index in [-0.39, 0.29) is 18.4 Å².